The zero-order chi connectivity index (χ0) is 10.1. The van der Waals surface area contributed by atoms with E-state index >= 15 is 0 Å². The number of aryl methyl sites for hydroxylation is 2. The highest BCUT2D eigenvalue weighted by Gasteiger charge is 2.19. The first-order valence-electron chi connectivity index (χ1n) is 5.04. The SMILES string of the molecule is Cc1ccc(C)c2c1CCCC2=NO. The minimum absolute atomic E-state index is 0.854. The summed E-state index contributed by atoms with van der Waals surface area (Å²) in [7, 11) is 0. The van der Waals surface area contributed by atoms with Gasteiger partial charge in [-0.25, -0.2) is 0 Å². The molecular weight excluding hydrogens is 174 g/mol. The van der Waals surface area contributed by atoms with Crippen molar-refractivity contribution in [2.24, 2.45) is 5.16 Å². The van der Waals surface area contributed by atoms with Crippen molar-refractivity contribution in [2.45, 2.75) is 33.1 Å². The van der Waals surface area contributed by atoms with Crippen LogP contribution in [0.5, 0.6) is 0 Å². The molecule has 0 saturated carbocycles. The van der Waals surface area contributed by atoms with Crippen LogP contribution in [0.2, 0.25) is 0 Å². The molecule has 2 heteroatoms. The van der Waals surface area contributed by atoms with Gasteiger partial charge in [0, 0.05) is 5.56 Å². The van der Waals surface area contributed by atoms with E-state index in [1.807, 2.05) is 0 Å². The van der Waals surface area contributed by atoms with Crippen LogP contribution in [0.3, 0.4) is 0 Å². The van der Waals surface area contributed by atoms with E-state index in [0.717, 1.165) is 25.0 Å². The van der Waals surface area contributed by atoms with Gasteiger partial charge >= 0.3 is 0 Å². The zero-order valence-corrected chi connectivity index (χ0v) is 8.67. The summed E-state index contributed by atoms with van der Waals surface area (Å²) >= 11 is 0. The van der Waals surface area contributed by atoms with Crippen molar-refractivity contribution >= 4 is 5.71 Å². The number of rotatable bonds is 0. The van der Waals surface area contributed by atoms with Crippen LogP contribution in [0, 0.1) is 13.8 Å². The maximum Gasteiger partial charge on any atom is 0.0873 e. The van der Waals surface area contributed by atoms with Gasteiger partial charge < -0.3 is 5.21 Å². The highest BCUT2D eigenvalue weighted by Crippen LogP contribution is 2.27. The van der Waals surface area contributed by atoms with E-state index in [9.17, 15) is 0 Å². The second-order valence-corrected chi connectivity index (χ2v) is 3.95. The van der Waals surface area contributed by atoms with Gasteiger partial charge in [-0.15, -0.1) is 0 Å². The molecule has 0 aliphatic heterocycles. The van der Waals surface area contributed by atoms with E-state index in [1.165, 1.54) is 22.3 Å². The summed E-state index contributed by atoms with van der Waals surface area (Å²) in [5, 5.41) is 12.3. The molecule has 0 radical (unpaired) electrons. The summed E-state index contributed by atoms with van der Waals surface area (Å²) < 4.78 is 0. The second-order valence-electron chi connectivity index (χ2n) is 3.95. The molecule has 14 heavy (non-hydrogen) atoms. The van der Waals surface area contributed by atoms with E-state index in [1.54, 1.807) is 0 Å². The molecule has 2 nitrogen and oxygen atoms in total. The van der Waals surface area contributed by atoms with Crippen LogP contribution < -0.4 is 0 Å². The number of oxime groups is 1. The van der Waals surface area contributed by atoms with Gasteiger partial charge in [-0.05, 0) is 49.8 Å². The maximum absolute atomic E-state index is 8.94. The minimum atomic E-state index is 0.854. The second kappa shape index (κ2) is 3.45. The minimum Gasteiger partial charge on any atom is -0.411 e. The van der Waals surface area contributed by atoms with Gasteiger partial charge in [-0.2, -0.15) is 0 Å². The van der Waals surface area contributed by atoms with E-state index in [-0.39, 0.29) is 0 Å². The summed E-state index contributed by atoms with van der Waals surface area (Å²) in [6.07, 6.45) is 3.10. The van der Waals surface area contributed by atoms with Crippen LogP contribution >= 0.6 is 0 Å². The van der Waals surface area contributed by atoms with Gasteiger partial charge in [0.2, 0.25) is 0 Å². The van der Waals surface area contributed by atoms with Crippen molar-refractivity contribution in [3.63, 3.8) is 0 Å². The van der Waals surface area contributed by atoms with Gasteiger partial charge in [0.15, 0.2) is 0 Å². The molecule has 1 N–H and O–H groups in total. The van der Waals surface area contributed by atoms with Gasteiger partial charge in [-0.3, -0.25) is 0 Å². The lowest BCUT2D eigenvalue weighted by molar-refractivity contribution is 0.317. The first-order valence-corrected chi connectivity index (χ1v) is 5.04. The number of hydrogen-bond acceptors (Lipinski definition) is 2. The van der Waals surface area contributed by atoms with Gasteiger partial charge in [0.05, 0.1) is 5.71 Å². The van der Waals surface area contributed by atoms with Crippen molar-refractivity contribution < 1.29 is 5.21 Å². The predicted octanol–water partition coefficient (Wildman–Crippen LogP) is 2.82. The van der Waals surface area contributed by atoms with Gasteiger partial charge in [0.1, 0.15) is 0 Å². The summed E-state index contributed by atoms with van der Waals surface area (Å²) in [6.45, 7) is 4.20. The number of nitrogens with zero attached hydrogens (tertiary/aromatic N) is 1. The van der Waals surface area contributed by atoms with Crippen LogP contribution in [0.1, 0.15) is 35.1 Å². The molecule has 0 aromatic heterocycles. The number of benzene rings is 1. The average Bonchev–Trinajstić information content (AvgIpc) is 2.23. The fourth-order valence-electron chi connectivity index (χ4n) is 2.25. The van der Waals surface area contributed by atoms with Gasteiger partial charge in [0.25, 0.3) is 0 Å². The third-order valence-electron chi connectivity index (χ3n) is 3.01. The van der Waals surface area contributed by atoms with Crippen LogP contribution in [0.25, 0.3) is 0 Å². The van der Waals surface area contributed by atoms with Crippen LogP contribution in [-0.4, -0.2) is 10.9 Å². The van der Waals surface area contributed by atoms with Crippen molar-refractivity contribution in [1.82, 2.24) is 0 Å². The maximum atomic E-state index is 8.94. The highest BCUT2D eigenvalue weighted by atomic mass is 16.4. The third kappa shape index (κ3) is 1.31. The third-order valence-corrected chi connectivity index (χ3v) is 3.01. The molecule has 0 bridgehead atoms. The van der Waals surface area contributed by atoms with Crippen LogP contribution in [-0.2, 0) is 6.42 Å². The Hall–Kier alpha value is -1.31. The van der Waals surface area contributed by atoms with Crippen molar-refractivity contribution in [1.29, 1.82) is 0 Å². The Kier molecular flexibility index (Phi) is 2.28. The molecule has 0 heterocycles. The lowest BCUT2D eigenvalue weighted by Crippen LogP contribution is -2.15. The molecule has 0 amide bonds. The van der Waals surface area contributed by atoms with Crippen LogP contribution in [0.15, 0.2) is 17.3 Å². The van der Waals surface area contributed by atoms with Crippen molar-refractivity contribution in [3.8, 4) is 0 Å². The first kappa shape index (κ1) is 9.25. The standard InChI is InChI=1S/C12H15NO/c1-8-6-7-9(2)12-10(8)4-3-5-11(12)13-14/h6-7,14H,3-5H2,1-2H3. The van der Waals surface area contributed by atoms with Crippen molar-refractivity contribution in [3.05, 3.63) is 34.4 Å². The molecule has 1 aromatic rings. The zero-order valence-electron chi connectivity index (χ0n) is 8.67. The van der Waals surface area contributed by atoms with Gasteiger partial charge in [-0.1, -0.05) is 17.3 Å². The Morgan fingerprint density at radius 1 is 1.14 bits per heavy atom. The molecule has 2 rings (SSSR count). The van der Waals surface area contributed by atoms with E-state index in [2.05, 4.69) is 31.1 Å². The lowest BCUT2D eigenvalue weighted by Gasteiger charge is -2.20. The first-order chi connectivity index (χ1) is 6.74. The molecule has 0 unspecified atom stereocenters. The molecular formula is C12H15NO. The van der Waals surface area contributed by atoms with Crippen molar-refractivity contribution in [2.75, 3.05) is 0 Å². The summed E-state index contributed by atoms with van der Waals surface area (Å²) in [6, 6.07) is 4.25. The molecule has 74 valence electrons. The Morgan fingerprint density at radius 2 is 1.86 bits per heavy atom. The van der Waals surface area contributed by atoms with Crippen LogP contribution in [0.4, 0.5) is 0 Å². The van der Waals surface area contributed by atoms with E-state index in [0.29, 0.717) is 0 Å². The largest absolute Gasteiger partial charge is 0.411 e. The molecule has 0 atom stereocenters. The normalized spacial score (nSPS) is 18.3. The average molecular weight is 189 g/mol. The summed E-state index contributed by atoms with van der Waals surface area (Å²) in [5.74, 6) is 0. The number of fused-ring (bicyclic) bond motifs is 1. The quantitative estimate of drug-likeness (QED) is 0.494. The Morgan fingerprint density at radius 3 is 2.57 bits per heavy atom. The molecule has 1 aromatic carbocycles. The highest BCUT2D eigenvalue weighted by molar-refractivity contribution is 6.03. The Bertz CT molecular complexity index is 394. The number of hydrogen-bond donors (Lipinski definition) is 1. The fourth-order valence-corrected chi connectivity index (χ4v) is 2.25. The van der Waals surface area contributed by atoms with E-state index < -0.39 is 0 Å². The summed E-state index contributed by atoms with van der Waals surface area (Å²) in [4.78, 5) is 0. The molecule has 0 saturated heterocycles. The molecule has 0 fully saturated rings. The monoisotopic (exact) mass is 189 g/mol. The lowest BCUT2D eigenvalue weighted by atomic mass is 9.84. The topological polar surface area (TPSA) is 32.6 Å². The smallest absolute Gasteiger partial charge is 0.0873 e. The van der Waals surface area contributed by atoms with E-state index in [4.69, 9.17) is 5.21 Å². The molecule has 1 aliphatic carbocycles. The molecule has 0 spiro atoms. The predicted molar refractivity (Wildman–Crippen MR) is 57.2 cm³/mol. The Labute approximate surface area is 84.3 Å². The molecule has 1 aliphatic rings. The fraction of sp³-hybridized carbons (Fsp3) is 0.417. The summed E-state index contributed by atoms with van der Waals surface area (Å²) in [5.41, 5.74) is 5.93. The Balaban J connectivity index is 2.67.